The van der Waals surface area contributed by atoms with E-state index < -0.39 is 0 Å². The molecule has 1 aromatic rings. The Balaban J connectivity index is 2.07. The first-order chi connectivity index (χ1) is 8.92. The maximum Gasteiger partial charge on any atom is 0.354 e. The van der Waals surface area contributed by atoms with Crippen molar-refractivity contribution in [2.24, 2.45) is 0 Å². The molecule has 1 N–H and O–H groups in total. The Kier molecular flexibility index (Phi) is 3.96. The Morgan fingerprint density at radius 3 is 3.05 bits per heavy atom. The normalized spacial score (nSPS) is 23.3. The fourth-order valence-corrected chi connectivity index (χ4v) is 2.30. The van der Waals surface area contributed by atoms with Gasteiger partial charge in [-0.05, 0) is 32.4 Å². The summed E-state index contributed by atoms with van der Waals surface area (Å²) in [6.45, 7) is 8.85. The number of methoxy groups -OCH3 is 1. The fraction of sp³-hybridized carbons (Fsp3) is 0.643. The largest absolute Gasteiger partial charge is 0.464 e. The van der Waals surface area contributed by atoms with E-state index >= 15 is 0 Å². The summed E-state index contributed by atoms with van der Waals surface area (Å²) in [5, 5.41) is 0. The summed E-state index contributed by atoms with van der Waals surface area (Å²) >= 11 is 0. The number of ether oxygens (including phenoxy) is 2. The van der Waals surface area contributed by atoms with Crippen LogP contribution >= 0.6 is 0 Å². The molecule has 1 fully saturated rings. The molecule has 1 atom stereocenters. The molecule has 2 heterocycles. The van der Waals surface area contributed by atoms with E-state index in [2.05, 4.69) is 30.7 Å². The van der Waals surface area contributed by atoms with Crippen molar-refractivity contribution in [2.75, 3.05) is 20.3 Å². The van der Waals surface area contributed by atoms with Crippen molar-refractivity contribution in [3.63, 3.8) is 0 Å². The lowest BCUT2D eigenvalue weighted by molar-refractivity contribution is -0.0949. The van der Waals surface area contributed by atoms with E-state index in [9.17, 15) is 4.79 Å². The third-order valence-corrected chi connectivity index (χ3v) is 3.58. The lowest BCUT2D eigenvalue weighted by Gasteiger charge is -2.44. The molecule has 0 amide bonds. The minimum atomic E-state index is -0.333. The highest BCUT2D eigenvalue weighted by Crippen LogP contribution is 2.24. The molecule has 0 spiro atoms. The molecule has 1 aliphatic rings. The summed E-state index contributed by atoms with van der Waals surface area (Å²) in [4.78, 5) is 16.7. The van der Waals surface area contributed by atoms with E-state index in [1.807, 2.05) is 12.3 Å². The van der Waals surface area contributed by atoms with E-state index in [4.69, 9.17) is 9.47 Å². The van der Waals surface area contributed by atoms with Gasteiger partial charge in [0.25, 0.3) is 0 Å². The molecule has 0 bridgehead atoms. The van der Waals surface area contributed by atoms with E-state index in [-0.39, 0.29) is 17.6 Å². The number of nitrogens with one attached hydrogen (secondary N) is 1. The summed E-state index contributed by atoms with van der Waals surface area (Å²) in [6.07, 6.45) is 2.11. The number of nitrogens with zero attached hydrogens (tertiary/aromatic N) is 1. The number of hydrogen-bond acceptors (Lipinski definition) is 4. The number of H-pyrrole nitrogens is 1. The standard InChI is InChI=1S/C14H22N2O3/c1-10-7-16(14(2,3)9-19-10)8-11-5-12(15-6-11)13(17)18-4/h5-6,10,15H,7-9H2,1-4H3/t10-/m1/s1. The molecular weight excluding hydrogens is 244 g/mol. The molecule has 0 aliphatic carbocycles. The SMILES string of the molecule is COC(=O)c1cc(CN2C[C@@H](C)OCC2(C)C)c[nH]1. The van der Waals surface area contributed by atoms with Gasteiger partial charge in [-0.1, -0.05) is 0 Å². The molecule has 1 saturated heterocycles. The van der Waals surface area contributed by atoms with Crippen molar-refractivity contribution < 1.29 is 14.3 Å². The monoisotopic (exact) mass is 266 g/mol. The highest BCUT2D eigenvalue weighted by molar-refractivity contribution is 5.87. The minimum Gasteiger partial charge on any atom is -0.464 e. The number of carbonyl (C=O) groups excluding carboxylic acids is 1. The number of aromatic amines is 1. The molecule has 1 aromatic heterocycles. The molecule has 2 rings (SSSR count). The average Bonchev–Trinajstić information content (AvgIpc) is 2.82. The molecule has 5 heteroatoms. The first-order valence-electron chi connectivity index (χ1n) is 6.54. The zero-order valence-electron chi connectivity index (χ0n) is 12.0. The van der Waals surface area contributed by atoms with Gasteiger partial charge in [0.1, 0.15) is 5.69 Å². The van der Waals surface area contributed by atoms with Crippen molar-refractivity contribution >= 4 is 5.97 Å². The van der Waals surface area contributed by atoms with Crippen molar-refractivity contribution in [2.45, 2.75) is 39.0 Å². The Labute approximate surface area is 113 Å². The zero-order valence-corrected chi connectivity index (χ0v) is 12.0. The van der Waals surface area contributed by atoms with Crippen LogP contribution in [0.4, 0.5) is 0 Å². The van der Waals surface area contributed by atoms with Gasteiger partial charge in [0, 0.05) is 24.8 Å². The van der Waals surface area contributed by atoms with E-state index in [1.165, 1.54) is 7.11 Å². The quantitative estimate of drug-likeness (QED) is 0.848. The van der Waals surface area contributed by atoms with Crippen molar-refractivity contribution in [1.29, 1.82) is 0 Å². The molecule has 0 saturated carbocycles. The summed E-state index contributed by atoms with van der Waals surface area (Å²) in [6, 6.07) is 1.85. The van der Waals surface area contributed by atoms with Crippen LogP contribution in [0.3, 0.4) is 0 Å². The number of aromatic nitrogens is 1. The van der Waals surface area contributed by atoms with Crippen molar-refractivity contribution in [3.05, 3.63) is 23.5 Å². The van der Waals surface area contributed by atoms with Gasteiger partial charge >= 0.3 is 5.97 Å². The molecule has 0 unspecified atom stereocenters. The second-order valence-corrected chi connectivity index (χ2v) is 5.73. The molecular formula is C14H22N2O3. The number of morpholine rings is 1. The average molecular weight is 266 g/mol. The highest BCUT2D eigenvalue weighted by Gasteiger charge is 2.33. The van der Waals surface area contributed by atoms with E-state index in [0.29, 0.717) is 5.69 Å². The number of esters is 1. The smallest absolute Gasteiger partial charge is 0.354 e. The zero-order chi connectivity index (χ0) is 14.0. The van der Waals surface area contributed by atoms with E-state index in [0.717, 1.165) is 25.3 Å². The summed E-state index contributed by atoms with van der Waals surface area (Å²) in [5.41, 5.74) is 1.59. The maximum absolute atomic E-state index is 11.4. The van der Waals surface area contributed by atoms with Crippen molar-refractivity contribution in [3.8, 4) is 0 Å². The lowest BCUT2D eigenvalue weighted by atomic mass is 10.0. The molecule has 1 aliphatic heterocycles. The van der Waals surface area contributed by atoms with Gasteiger partial charge in [0.05, 0.1) is 19.8 Å². The third kappa shape index (κ3) is 3.16. The van der Waals surface area contributed by atoms with Crippen LogP contribution < -0.4 is 0 Å². The van der Waals surface area contributed by atoms with Gasteiger partial charge in [-0.15, -0.1) is 0 Å². The van der Waals surface area contributed by atoms with Crippen LogP contribution in [0.25, 0.3) is 0 Å². The van der Waals surface area contributed by atoms with Crippen LogP contribution in [0.15, 0.2) is 12.3 Å². The Morgan fingerprint density at radius 1 is 1.63 bits per heavy atom. The topological polar surface area (TPSA) is 54.6 Å². The van der Waals surface area contributed by atoms with Crippen LogP contribution in [0, 0.1) is 0 Å². The summed E-state index contributed by atoms with van der Waals surface area (Å²) in [5.74, 6) is -0.333. The highest BCUT2D eigenvalue weighted by atomic mass is 16.5. The minimum absolute atomic E-state index is 0.00914. The van der Waals surface area contributed by atoms with Crippen molar-refractivity contribution in [1.82, 2.24) is 9.88 Å². The molecule has 0 aromatic carbocycles. The van der Waals surface area contributed by atoms with E-state index in [1.54, 1.807) is 0 Å². The Bertz CT molecular complexity index is 453. The fourth-order valence-electron chi connectivity index (χ4n) is 2.30. The first kappa shape index (κ1) is 14.1. The second-order valence-electron chi connectivity index (χ2n) is 5.73. The number of hydrogen-bond donors (Lipinski definition) is 1. The van der Waals surface area contributed by atoms with Crippen LogP contribution in [0.2, 0.25) is 0 Å². The van der Waals surface area contributed by atoms with Gasteiger partial charge in [-0.2, -0.15) is 0 Å². The Hall–Kier alpha value is -1.33. The molecule has 0 radical (unpaired) electrons. The second kappa shape index (κ2) is 5.35. The number of carbonyl (C=O) groups is 1. The molecule has 19 heavy (non-hydrogen) atoms. The van der Waals surface area contributed by atoms with Crippen LogP contribution in [-0.2, 0) is 16.0 Å². The molecule has 5 nitrogen and oxygen atoms in total. The summed E-state index contributed by atoms with van der Waals surface area (Å²) in [7, 11) is 1.38. The van der Waals surface area contributed by atoms with Gasteiger partial charge in [0.15, 0.2) is 0 Å². The molecule has 106 valence electrons. The first-order valence-corrected chi connectivity index (χ1v) is 6.54. The van der Waals surface area contributed by atoms with Crippen LogP contribution in [0.5, 0.6) is 0 Å². The maximum atomic E-state index is 11.4. The van der Waals surface area contributed by atoms with Gasteiger partial charge in [-0.25, -0.2) is 4.79 Å². The third-order valence-electron chi connectivity index (χ3n) is 3.58. The predicted molar refractivity (Wildman–Crippen MR) is 72.0 cm³/mol. The lowest BCUT2D eigenvalue weighted by Crippen LogP contribution is -2.54. The van der Waals surface area contributed by atoms with Crippen LogP contribution in [0.1, 0.15) is 36.8 Å². The predicted octanol–water partition coefficient (Wildman–Crippen LogP) is 1.80. The summed E-state index contributed by atoms with van der Waals surface area (Å²) < 4.78 is 10.4. The Morgan fingerprint density at radius 2 is 2.37 bits per heavy atom. The van der Waals surface area contributed by atoms with Gasteiger partial charge < -0.3 is 14.5 Å². The van der Waals surface area contributed by atoms with Gasteiger partial charge in [0.2, 0.25) is 0 Å². The van der Waals surface area contributed by atoms with Gasteiger partial charge in [-0.3, -0.25) is 4.90 Å². The number of rotatable bonds is 3. The van der Waals surface area contributed by atoms with Crippen LogP contribution in [-0.4, -0.2) is 47.8 Å².